The largest absolute Gasteiger partial charge is 0.321 e. The highest BCUT2D eigenvalue weighted by Crippen LogP contribution is 2.23. The lowest BCUT2D eigenvalue weighted by atomic mass is 9.88. The number of carbonyl (C=O) groups excluding carboxylic acids is 1. The first kappa shape index (κ1) is 16.0. The summed E-state index contributed by atoms with van der Waals surface area (Å²) in [5, 5.41) is 2.87. The maximum Gasteiger partial charge on any atom is 0.321 e. The summed E-state index contributed by atoms with van der Waals surface area (Å²) in [4.78, 5) is 13.8. The van der Waals surface area contributed by atoms with Crippen molar-refractivity contribution < 1.29 is 4.79 Å². The first-order valence-electron chi connectivity index (χ1n) is 6.25. The van der Waals surface area contributed by atoms with Gasteiger partial charge in [0, 0.05) is 18.3 Å². The van der Waals surface area contributed by atoms with Crippen molar-refractivity contribution in [1.82, 2.24) is 10.2 Å². The van der Waals surface area contributed by atoms with E-state index in [-0.39, 0.29) is 17.0 Å². The molecule has 0 aliphatic heterocycles. The molecule has 0 fully saturated rings. The number of hydrogen-bond donors (Lipinski definition) is 1. The predicted molar refractivity (Wildman–Crippen MR) is 73.9 cm³/mol. The lowest BCUT2D eigenvalue weighted by molar-refractivity contribution is 0.153. The van der Waals surface area contributed by atoms with E-state index in [0.717, 1.165) is 5.57 Å². The fourth-order valence-electron chi connectivity index (χ4n) is 1.39. The summed E-state index contributed by atoms with van der Waals surface area (Å²) in [5.41, 5.74) is 1.10. The van der Waals surface area contributed by atoms with E-state index in [0.29, 0.717) is 6.54 Å². The van der Waals surface area contributed by atoms with Crippen LogP contribution in [0, 0.1) is 5.41 Å². The molecule has 2 amide bonds. The van der Waals surface area contributed by atoms with Gasteiger partial charge in [-0.25, -0.2) is 4.79 Å². The van der Waals surface area contributed by atoms with Crippen molar-refractivity contribution in [3.63, 3.8) is 0 Å². The lowest BCUT2D eigenvalue weighted by Gasteiger charge is -2.34. The van der Waals surface area contributed by atoms with Gasteiger partial charge in [-0.2, -0.15) is 0 Å². The number of carbonyl (C=O) groups is 1. The summed E-state index contributed by atoms with van der Waals surface area (Å²) in [6, 6.07) is -0.0383. The number of allylic oxidation sites excluding steroid dienone is 1. The Bertz CT molecular complexity index is 292. The van der Waals surface area contributed by atoms with Crippen LogP contribution in [0.4, 0.5) is 4.79 Å². The van der Waals surface area contributed by atoms with Crippen LogP contribution in [-0.4, -0.2) is 23.0 Å². The fraction of sp³-hybridized carbons (Fsp3) is 0.786. The molecule has 0 atom stereocenters. The maximum absolute atomic E-state index is 12.0. The highest BCUT2D eigenvalue weighted by molar-refractivity contribution is 5.76. The minimum atomic E-state index is -0.150. The van der Waals surface area contributed by atoms with Crippen molar-refractivity contribution >= 4 is 6.03 Å². The topological polar surface area (TPSA) is 32.3 Å². The number of nitrogens with zero attached hydrogens (tertiary/aromatic N) is 1. The molecule has 0 aromatic rings. The van der Waals surface area contributed by atoms with Gasteiger partial charge in [0.2, 0.25) is 0 Å². The zero-order valence-electron chi connectivity index (χ0n) is 12.6. The van der Waals surface area contributed by atoms with E-state index in [2.05, 4.69) is 26.1 Å². The summed E-state index contributed by atoms with van der Waals surface area (Å²) in [6.45, 7) is 17.2. The summed E-state index contributed by atoms with van der Waals surface area (Å²) in [6.07, 6.45) is 1.82. The lowest BCUT2D eigenvalue weighted by Crippen LogP contribution is -2.49. The molecule has 0 aromatic heterocycles. The molecule has 0 saturated carbocycles. The van der Waals surface area contributed by atoms with E-state index >= 15 is 0 Å². The van der Waals surface area contributed by atoms with Crippen LogP contribution >= 0.6 is 0 Å². The fourth-order valence-corrected chi connectivity index (χ4v) is 1.39. The molecule has 0 aliphatic rings. The molecule has 0 radical (unpaired) electrons. The molecular weight excluding hydrogens is 212 g/mol. The average molecular weight is 240 g/mol. The third-order valence-electron chi connectivity index (χ3n) is 2.97. The van der Waals surface area contributed by atoms with Crippen LogP contribution < -0.4 is 5.32 Å². The number of amides is 2. The SMILES string of the molecule is CCN(C(=O)N/C=C(\C)C(C)(C)C)C(C)(C)C. The smallest absolute Gasteiger partial charge is 0.320 e. The molecule has 0 rings (SSSR count). The van der Waals surface area contributed by atoms with Crippen LogP contribution in [0.3, 0.4) is 0 Å². The van der Waals surface area contributed by atoms with Gasteiger partial charge in [-0.3, -0.25) is 0 Å². The summed E-state index contributed by atoms with van der Waals surface area (Å²) >= 11 is 0. The average Bonchev–Trinajstić information content (AvgIpc) is 2.11. The summed E-state index contributed by atoms with van der Waals surface area (Å²) in [5.74, 6) is 0. The first-order chi connectivity index (χ1) is 7.50. The van der Waals surface area contributed by atoms with Crippen LogP contribution in [0.25, 0.3) is 0 Å². The van der Waals surface area contributed by atoms with Crippen LogP contribution in [0.2, 0.25) is 0 Å². The second kappa shape index (κ2) is 5.56. The molecule has 17 heavy (non-hydrogen) atoms. The molecular formula is C14H28N2O. The minimum absolute atomic E-state index is 0.0383. The predicted octanol–water partition coefficient (Wildman–Crippen LogP) is 3.77. The van der Waals surface area contributed by atoms with E-state index in [9.17, 15) is 4.79 Å². The monoisotopic (exact) mass is 240 g/mol. The highest BCUT2D eigenvalue weighted by atomic mass is 16.2. The van der Waals surface area contributed by atoms with Gasteiger partial charge in [0.1, 0.15) is 0 Å². The molecule has 1 N–H and O–H groups in total. The Labute approximate surface area is 106 Å². The Morgan fingerprint density at radius 2 is 1.65 bits per heavy atom. The zero-order valence-corrected chi connectivity index (χ0v) is 12.6. The van der Waals surface area contributed by atoms with E-state index in [4.69, 9.17) is 0 Å². The second-order valence-corrected chi connectivity index (χ2v) is 6.44. The van der Waals surface area contributed by atoms with Gasteiger partial charge in [-0.1, -0.05) is 26.3 Å². The Kier molecular flexibility index (Phi) is 5.24. The zero-order chi connectivity index (χ0) is 13.9. The first-order valence-corrected chi connectivity index (χ1v) is 6.25. The standard InChI is InChI=1S/C14H28N2O/c1-9-16(14(6,7)8)12(17)15-10-11(2)13(3,4)5/h10H,9H2,1-8H3,(H,15,17)/b11-10+. The van der Waals surface area contributed by atoms with E-state index < -0.39 is 0 Å². The van der Waals surface area contributed by atoms with Crippen molar-refractivity contribution in [2.24, 2.45) is 5.41 Å². The van der Waals surface area contributed by atoms with E-state index in [1.165, 1.54) is 0 Å². The van der Waals surface area contributed by atoms with Gasteiger partial charge in [-0.05, 0) is 40.0 Å². The summed E-state index contributed by atoms with van der Waals surface area (Å²) in [7, 11) is 0. The number of urea groups is 1. The third kappa shape index (κ3) is 5.24. The summed E-state index contributed by atoms with van der Waals surface area (Å²) < 4.78 is 0. The van der Waals surface area contributed by atoms with Gasteiger partial charge < -0.3 is 10.2 Å². The molecule has 0 bridgehead atoms. The Morgan fingerprint density at radius 1 is 1.18 bits per heavy atom. The Balaban J connectivity index is 4.66. The number of nitrogens with one attached hydrogen (secondary N) is 1. The van der Waals surface area contributed by atoms with Crippen molar-refractivity contribution in [1.29, 1.82) is 0 Å². The molecule has 0 aromatic carbocycles. The normalized spacial score (nSPS) is 13.5. The van der Waals surface area contributed by atoms with E-state index in [1.54, 1.807) is 0 Å². The van der Waals surface area contributed by atoms with Gasteiger partial charge in [0.15, 0.2) is 0 Å². The van der Waals surface area contributed by atoms with Gasteiger partial charge in [-0.15, -0.1) is 0 Å². The van der Waals surface area contributed by atoms with E-state index in [1.807, 2.05) is 45.7 Å². The molecule has 0 heterocycles. The van der Waals surface area contributed by atoms with Gasteiger partial charge in [0.25, 0.3) is 0 Å². The highest BCUT2D eigenvalue weighted by Gasteiger charge is 2.24. The second-order valence-electron chi connectivity index (χ2n) is 6.44. The number of rotatable bonds is 2. The molecule has 0 unspecified atom stereocenters. The van der Waals surface area contributed by atoms with Crippen LogP contribution in [0.5, 0.6) is 0 Å². The molecule has 3 nitrogen and oxygen atoms in total. The van der Waals surface area contributed by atoms with Crippen LogP contribution in [0.1, 0.15) is 55.4 Å². The molecule has 0 saturated heterocycles. The molecule has 0 spiro atoms. The van der Waals surface area contributed by atoms with Crippen molar-refractivity contribution in [2.45, 2.75) is 60.9 Å². The van der Waals surface area contributed by atoms with Crippen molar-refractivity contribution in [3.05, 3.63) is 11.8 Å². The minimum Gasteiger partial charge on any atom is -0.320 e. The van der Waals surface area contributed by atoms with Gasteiger partial charge in [0.05, 0.1) is 0 Å². The Hall–Kier alpha value is -0.990. The molecule has 0 aliphatic carbocycles. The third-order valence-corrected chi connectivity index (χ3v) is 2.97. The Morgan fingerprint density at radius 3 is 1.94 bits per heavy atom. The van der Waals surface area contributed by atoms with Crippen LogP contribution in [0.15, 0.2) is 11.8 Å². The van der Waals surface area contributed by atoms with Crippen molar-refractivity contribution in [2.75, 3.05) is 6.54 Å². The maximum atomic E-state index is 12.0. The molecule has 100 valence electrons. The van der Waals surface area contributed by atoms with Gasteiger partial charge >= 0.3 is 6.03 Å². The van der Waals surface area contributed by atoms with Crippen LogP contribution in [-0.2, 0) is 0 Å². The quantitative estimate of drug-likeness (QED) is 0.783. The number of hydrogen-bond acceptors (Lipinski definition) is 1. The molecule has 3 heteroatoms. The van der Waals surface area contributed by atoms with Crippen molar-refractivity contribution in [3.8, 4) is 0 Å².